The normalized spacial score (nSPS) is 18.8. The van der Waals surface area contributed by atoms with Crippen LogP contribution in [0.4, 0.5) is 11.4 Å². The van der Waals surface area contributed by atoms with Crippen molar-refractivity contribution in [1.29, 1.82) is 0 Å². The number of piperazine rings is 1. The first kappa shape index (κ1) is 25.4. The number of likely N-dealkylation sites (N-methyl/N-ethyl adjacent to an activating group) is 1. The number of amides is 1. The Balaban J connectivity index is 0.00000306. The third-order valence-corrected chi connectivity index (χ3v) is 6.55. The third-order valence-electron chi connectivity index (χ3n) is 6.22. The summed E-state index contributed by atoms with van der Waals surface area (Å²) in [5.74, 6) is 0.198. The van der Waals surface area contributed by atoms with E-state index >= 15 is 0 Å². The highest BCUT2D eigenvalue weighted by Crippen LogP contribution is 2.32. The van der Waals surface area contributed by atoms with E-state index in [1.165, 1.54) is 5.56 Å². The molecule has 0 bridgehead atoms. The van der Waals surface area contributed by atoms with Gasteiger partial charge in [0.1, 0.15) is 6.61 Å². The summed E-state index contributed by atoms with van der Waals surface area (Å²) >= 11 is 6.60. The van der Waals surface area contributed by atoms with Crippen molar-refractivity contribution in [2.75, 3.05) is 56.2 Å². The van der Waals surface area contributed by atoms with E-state index in [0.717, 1.165) is 43.1 Å². The summed E-state index contributed by atoms with van der Waals surface area (Å²) < 4.78 is 5.82. The lowest BCUT2D eigenvalue weighted by Crippen LogP contribution is -2.44. The lowest BCUT2D eigenvalue weighted by Gasteiger charge is -2.35. The van der Waals surface area contributed by atoms with E-state index in [9.17, 15) is 4.79 Å². The first-order valence-corrected chi connectivity index (χ1v) is 11.6. The Kier molecular flexibility index (Phi) is 7.99. The molecule has 178 valence electrons. The molecule has 33 heavy (non-hydrogen) atoms. The fourth-order valence-electron chi connectivity index (χ4n) is 4.16. The van der Waals surface area contributed by atoms with Gasteiger partial charge in [0.2, 0.25) is 0 Å². The number of rotatable bonds is 3. The van der Waals surface area contributed by atoms with Gasteiger partial charge < -0.3 is 19.4 Å². The number of carbonyl (C=O) groups excluding carboxylic acids is 1. The molecule has 0 aromatic heterocycles. The number of anilines is 2. The molecule has 0 N–H and O–H groups in total. The van der Waals surface area contributed by atoms with Crippen LogP contribution in [-0.4, -0.2) is 57.2 Å². The quantitative estimate of drug-likeness (QED) is 0.554. The van der Waals surface area contributed by atoms with Crippen LogP contribution in [0.3, 0.4) is 0 Å². The van der Waals surface area contributed by atoms with E-state index in [2.05, 4.69) is 55.8 Å². The second-order valence-corrected chi connectivity index (χ2v) is 9.98. The minimum absolute atomic E-state index is 0. The highest BCUT2D eigenvalue weighted by atomic mass is 35.5. The van der Waals surface area contributed by atoms with Crippen molar-refractivity contribution >= 4 is 47.4 Å². The molecule has 7 heteroatoms. The first-order chi connectivity index (χ1) is 15.2. The number of nitrogens with zero attached hydrogens (tertiary/aromatic N) is 3. The maximum atomic E-state index is 13.3. The van der Waals surface area contributed by atoms with E-state index < -0.39 is 0 Å². The van der Waals surface area contributed by atoms with Crippen LogP contribution in [0.5, 0.6) is 0 Å². The van der Waals surface area contributed by atoms with Gasteiger partial charge in [0.25, 0.3) is 5.91 Å². The van der Waals surface area contributed by atoms with Crippen LogP contribution in [0.1, 0.15) is 31.9 Å². The van der Waals surface area contributed by atoms with Crippen molar-refractivity contribution in [3.8, 4) is 0 Å². The summed E-state index contributed by atoms with van der Waals surface area (Å²) in [7, 11) is 2.13. The number of ether oxygens (including phenoxy) is 1. The second-order valence-electron chi connectivity index (χ2n) is 9.57. The standard InChI is InChI=1S/C26H32ClN3O2.ClH/c1-26(2,3)19-8-10-20(11-9-19)30-16-17-32-24(25(30)31)18-21-22(27)6-5-7-23(21)29-14-12-28(4)13-15-29;/h5-11,18H,12-17H2,1-4H3;1H/b24-18-;. The van der Waals surface area contributed by atoms with Gasteiger partial charge in [-0.05, 0) is 48.4 Å². The summed E-state index contributed by atoms with van der Waals surface area (Å²) in [4.78, 5) is 19.8. The number of benzene rings is 2. The first-order valence-electron chi connectivity index (χ1n) is 11.2. The van der Waals surface area contributed by atoms with Gasteiger partial charge in [-0.25, -0.2) is 0 Å². The maximum absolute atomic E-state index is 13.3. The summed E-state index contributed by atoms with van der Waals surface area (Å²) in [6.07, 6.45) is 1.81. The van der Waals surface area contributed by atoms with Gasteiger partial charge in [-0.3, -0.25) is 4.79 Å². The zero-order chi connectivity index (χ0) is 22.9. The zero-order valence-electron chi connectivity index (χ0n) is 19.8. The van der Waals surface area contributed by atoms with Gasteiger partial charge in [0.15, 0.2) is 5.76 Å². The highest BCUT2D eigenvalue weighted by molar-refractivity contribution is 6.32. The molecular formula is C26H33Cl2N3O2. The maximum Gasteiger partial charge on any atom is 0.293 e. The predicted octanol–water partition coefficient (Wildman–Crippen LogP) is 5.22. The number of halogens is 2. The molecule has 0 unspecified atom stereocenters. The fourth-order valence-corrected chi connectivity index (χ4v) is 4.38. The fraction of sp³-hybridized carbons (Fsp3) is 0.423. The van der Waals surface area contributed by atoms with Gasteiger partial charge in [-0.15, -0.1) is 12.4 Å². The number of hydrogen-bond donors (Lipinski definition) is 0. The van der Waals surface area contributed by atoms with Crippen molar-refractivity contribution < 1.29 is 9.53 Å². The molecule has 0 spiro atoms. The van der Waals surface area contributed by atoms with Gasteiger partial charge in [0, 0.05) is 43.1 Å². The van der Waals surface area contributed by atoms with Crippen LogP contribution < -0.4 is 9.80 Å². The van der Waals surface area contributed by atoms with Crippen LogP contribution in [0.25, 0.3) is 6.08 Å². The third kappa shape index (κ3) is 5.65. The Hall–Kier alpha value is -2.21. The van der Waals surface area contributed by atoms with Crippen molar-refractivity contribution in [2.24, 2.45) is 0 Å². The topological polar surface area (TPSA) is 36.0 Å². The van der Waals surface area contributed by atoms with E-state index in [4.69, 9.17) is 16.3 Å². The van der Waals surface area contributed by atoms with E-state index in [1.54, 1.807) is 4.90 Å². The number of carbonyl (C=O) groups is 1. The van der Waals surface area contributed by atoms with Gasteiger partial charge in [0.05, 0.1) is 11.6 Å². The molecule has 0 saturated carbocycles. The molecule has 2 aliphatic rings. The molecular weight excluding hydrogens is 457 g/mol. The Morgan fingerprint density at radius 1 is 0.970 bits per heavy atom. The summed E-state index contributed by atoms with van der Waals surface area (Å²) in [5.41, 5.74) is 4.08. The number of hydrogen-bond acceptors (Lipinski definition) is 4. The molecule has 2 heterocycles. The Bertz CT molecular complexity index is 1010. The molecule has 0 atom stereocenters. The SMILES string of the molecule is CN1CCN(c2cccc(Cl)c2/C=C2\OCCN(c3ccc(C(C)(C)C)cc3)C2=O)CC1.Cl. The van der Waals surface area contributed by atoms with Crippen molar-refractivity contribution in [2.45, 2.75) is 26.2 Å². The van der Waals surface area contributed by atoms with Gasteiger partial charge in [-0.1, -0.05) is 50.6 Å². The molecule has 2 aromatic carbocycles. The van der Waals surface area contributed by atoms with Crippen LogP contribution >= 0.6 is 24.0 Å². The van der Waals surface area contributed by atoms with Crippen molar-refractivity contribution in [1.82, 2.24) is 4.90 Å². The highest BCUT2D eigenvalue weighted by Gasteiger charge is 2.28. The average Bonchev–Trinajstić information content (AvgIpc) is 2.76. The van der Waals surface area contributed by atoms with E-state index in [0.29, 0.717) is 23.9 Å². The summed E-state index contributed by atoms with van der Waals surface area (Å²) in [6, 6.07) is 14.1. The van der Waals surface area contributed by atoms with Gasteiger partial charge in [-0.2, -0.15) is 0 Å². The molecule has 2 aromatic rings. The zero-order valence-corrected chi connectivity index (χ0v) is 21.4. The summed E-state index contributed by atoms with van der Waals surface area (Å²) in [5, 5.41) is 0.622. The molecule has 2 fully saturated rings. The molecule has 2 saturated heterocycles. The molecule has 1 amide bonds. The van der Waals surface area contributed by atoms with Crippen molar-refractivity contribution in [3.05, 3.63) is 64.4 Å². The van der Waals surface area contributed by atoms with Crippen LogP contribution in [0.2, 0.25) is 5.02 Å². The van der Waals surface area contributed by atoms with Crippen LogP contribution in [0.15, 0.2) is 48.2 Å². The summed E-state index contributed by atoms with van der Waals surface area (Å²) in [6.45, 7) is 11.4. The van der Waals surface area contributed by atoms with Crippen LogP contribution in [0, 0.1) is 0 Å². The number of morpholine rings is 1. The Morgan fingerprint density at radius 3 is 2.27 bits per heavy atom. The molecule has 2 aliphatic heterocycles. The van der Waals surface area contributed by atoms with Crippen LogP contribution in [-0.2, 0) is 14.9 Å². The van der Waals surface area contributed by atoms with Gasteiger partial charge >= 0.3 is 0 Å². The average molecular weight is 490 g/mol. The monoisotopic (exact) mass is 489 g/mol. The second kappa shape index (κ2) is 10.4. The van der Waals surface area contributed by atoms with E-state index in [-0.39, 0.29) is 23.7 Å². The minimum atomic E-state index is -0.135. The Morgan fingerprint density at radius 2 is 1.64 bits per heavy atom. The minimum Gasteiger partial charge on any atom is -0.486 e. The van der Waals surface area contributed by atoms with E-state index in [1.807, 2.05) is 30.3 Å². The Labute approximate surface area is 208 Å². The molecule has 4 rings (SSSR count). The lowest BCUT2D eigenvalue weighted by molar-refractivity contribution is -0.120. The largest absolute Gasteiger partial charge is 0.486 e. The van der Waals surface area contributed by atoms with Crippen molar-refractivity contribution in [3.63, 3.8) is 0 Å². The predicted molar refractivity (Wildman–Crippen MR) is 140 cm³/mol. The molecule has 5 nitrogen and oxygen atoms in total. The molecule has 0 aliphatic carbocycles. The lowest BCUT2D eigenvalue weighted by atomic mass is 9.87. The smallest absolute Gasteiger partial charge is 0.293 e. The molecule has 0 radical (unpaired) electrons.